The molecule has 4 aromatic rings. The lowest BCUT2D eigenvalue weighted by atomic mass is 10.1. The Morgan fingerprint density at radius 3 is 2.55 bits per heavy atom. The van der Waals surface area contributed by atoms with Gasteiger partial charge in [-0.05, 0) is 43.3 Å². The first-order valence-electron chi connectivity index (χ1n) is 13.5. The van der Waals surface area contributed by atoms with E-state index in [1.54, 1.807) is 48.1 Å². The van der Waals surface area contributed by atoms with E-state index < -0.39 is 17.6 Å². The van der Waals surface area contributed by atoms with E-state index in [0.717, 1.165) is 6.07 Å². The van der Waals surface area contributed by atoms with E-state index in [0.29, 0.717) is 73.1 Å². The third-order valence-corrected chi connectivity index (χ3v) is 7.45. The van der Waals surface area contributed by atoms with E-state index in [2.05, 4.69) is 15.3 Å². The summed E-state index contributed by atoms with van der Waals surface area (Å²) in [5.41, 5.74) is 0.357. The van der Waals surface area contributed by atoms with Gasteiger partial charge in [-0.1, -0.05) is 0 Å². The number of fused-ring (bicyclic) bond motifs is 1. The average molecular weight is 588 g/mol. The number of ether oxygens (including phenoxy) is 1. The number of hydrogen-bond acceptors (Lipinski definition) is 7. The smallest absolute Gasteiger partial charge is 0.416 e. The van der Waals surface area contributed by atoms with Crippen LogP contribution < -0.4 is 10.1 Å². The van der Waals surface area contributed by atoms with Crippen LogP contribution in [0, 0.1) is 5.82 Å². The number of halogens is 4. The number of ketones is 1. The Kier molecular flexibility index (Phi) is 8.17. The second kappa shape index (κ2) is 11.7. The molecule has 0 bridgehead atoms. The number of benzene rings is 2. The topological polar surface area (TPSA) is 92.5 Å². The van der Waals surface area contributed by atoms with Crippen LogP contribution in [0.4, 0.5) is 29.2 Å². The third kappa shape index (κ3) is 6.69. The van der Waals surface area contributed by atoms with Gasteiger partial charge < -0.3 is 14.6 Å². The summed E-state index contributed by atoms with van der Waals surface area (Å²) >= 11 is 0. The van der Waals surface area contributed by atoms with E-state index in [4.69, 9.17) is 4.74 Å². The fourth-order valence-corrected chi connectivity index (χ4v) is 4.89. The van der Waals surface area contributed by atoms with Crippen molar-refractivity contribution in [3.8, 4) is 11.5 Å². The van der Waals surface area contributed by atoms with Gasteiger partial charge in [0.15, 0.2) is 5.78 Å². The molecule has 222 valence electrons. The number of nitrogens with zero attached hydrogens (tertiary/aromatic N) is 5. The van der Waals surface area contributed by atoms with Crippen molar-refractivity contribution in [1.82, 2.24) is 19.4 Å². The predicted molar refractivity (Wildman–Crippen MR) is 147 cm³/mol. The Morgan fingerprint density at radius 2 is 1.83 bits per heavy atom. The Bertz CT molecular complexity index is 1600. The SMILES string of the molecule is CC[N+]1(O)CCN(CC(=O)Cc2cc(Oc3ccc4c(c3)nc(Nc3cc(C(F)(F)F)ccc3F)n4C)ccn2)CC1. The molecule has 0 spiro atoms. The third-order valence-electron chi connectivity index (χ3n) is 7.45. The van der Waals surface area contributed by atoms with E-state index in [1.807, 2.05) is 11.8 Å². The van der Waals surface area contributed by atoms with Crippen molar-refractivity contribution in [3.63, 3.8) is 0 Å². The predicted octanol–water partition coefficient (Wildman–Crippen LogP) is 5.32. The number of likely N-dealkylation sites (N-methyl/N-ethyl adjacent to an activating group) is 1. The number of carbonyl (C=O) groups is 1. The maximum absolute atomic E-state index is 14.3. The molecule has 1 aliphatic rings. The second-order valence-corrected chi connectivity index (χ2v) is 10.4. The summed E-state index contributed by atoms with van der Waals surface area (Å²) in [6, 6.07) is 10.6. The minimum absolute atomic E-state index is 0.0150. The lowest BCUT2D eigenvalue weighted by molar-refractivity contribution is -1.10. The molecule has 13 heteroatoms. The number of piperazine rings is 1. The van der Waals surface area contributed by atoms with Crippen LogP contribution in [-0.2, 0) is 24.4 Å². The summed E-state index contributed by atoms with van der Waals surface area (Å²) in [6.07, 6.45) is -2.91. The van der Waals surface area contributed by atoms with Crippen LogP contribution in [0.3, 0.4) is 0 Å². The van der Waals surface area contributed by atoms with Crippen LogP contribution in [-0.4, -0.2) is 74.3 Å². The standard InChI is InChI=1S/C29H31F4N6O3/c1-3-39(41)12-10-38(11-13-39)18-21(40)15-20-16-23(8-9-34-20)42-22-5-7-27-26(17-22)36-28(37(27)2)35-25-14-19(29(31,32)33)4-6-24(25)30/h4-9,14,16-17,41H,3,10-13,15,18H2,1-2H3,(H,35,36)/q+1. The molecular weight excluding hydrogens is 556 g/mol. The summed E-state index contributed by atoms with van der Waals surface area (Å²) < 4.78 is 61.2. The summed E-state index contributed by atoms with van der Waals surface area (Å²) in [5.74, 6) is 0.231. The van der Waals surface area contributed by atoms with Crippen molar-refractivity contribution in [2.24, 2.45) is 7.05 Å². The first kappa shape index (κ1) is 29.4. The van der Waals surface area contributed by atoms with Gasteiger partial charge in [0.05, 0.1) is 54.0 Å². The van der Waals surface area contributed by atoms with Gasteiger partial charge in [-0.3, -0.25) is 14.7 Å². The summed E-state index contributed by atoms with van der Waals surface area (Å²) in [5, 5.41) is 13.0. The van der Waals surface area contributed by atoms with Crippen LogP contribution in [0.1, 0.15) is 18.2 Å². The van der Waals surface area contributed by atoms with Gasteiger partial charge >= 0.3 is 6.18 Å². The molecule has 0 amide bonds. The van der Waals surface area contributed by atoms with Gasteiger partial charge in [-0.2, -0.15) is 17.8 Å². The number of anilines is 2. The molecular formula is C29H31F4N6O3+. The fourth-order valence-electron chi connectivity index (χ4n) is 4.89. The Labute approximate surface area is 239 Å². The molecule has 0 radical (unpaired) electrons. The molecule has 5 rings (SSSR count). The van der Waals surface area contributed by atoms with Gasteiger partial charge in [0.2, 0.25) is 5.95 Å². The van der Waals surface area contributed by atoms with Crippen LogP contribution in [0.15, 0.2) is 54.7 Å². The number of aromatic nitrogens is 3. The van der Waals surface area contributed by atoms with E-state index in [9.17, 15) is 27.6 Å². The zero-order valence-corrected chi connectivity index (χ0v) is 23.2. The maximum atomic E-state index is 14.3. The molecule has 0 unspecified atom stereocenters. The normalized spacial score (nSPS) is 15.6. The van der Waals surface area contributed by atoms with Gasteiger partial charge in [-0.15, -0.1) is 0 Å². The van der Waals surface area contributed by atoms with Crippen LogP contribution in [0.5, 0.6) is 11.5 Å². The summed E-state index contributed by atoms with van der Waals surface area (Å²) in [7, 11) is 1.66. The van der Waals surface area contributed by atoms with Crippen LogP contribution in [0.2, 0.25) is 0 Å². The van der Waals surface area contributed by atoms with Gasteiger partial charge in [0, 0.05) is 25.4 Å². The highest BCUT2D eigenvalue weighted by Crippen LogP contribution is 2.33. The number of alkyl halides is 3. The highest BCUT2D eigenvalue weighted by atomic mass is 19.4. The Balaban J connectivity index is 1.25. The number of carbonyl (C=O) groups excluding carboxylic acids is 1. The number of pyridine rings is 1. The summed E-state index contributed by atoms with van der Waals surface area (Å²) in [6.45, 7) is 5.34. The number of Topliss-reactive ketones (excluding diaryl/α,β-unsaturated/α-hetero) is 1. The number of quaternary nitrogens is 1. The van der Waals surface area contributed by atoms with Crippen LogP contribution in [0.25, 0.3) is 11.0 Å². The fraction of sp³-hybridized carbons (Fsp3) is 0.345. The molecule has 9 nitrogen and oxygen atoms in total. The van der Waals surface area contributed by atoms with Crippen molar-refractivity contribution in [1.29, 1.82) is 0 Å². The highest BCUT2D eigenvalue weighted by molar-refractivity contribution is 5.83. The van der Waals surface area contributed by atoms with Gasteiger partial charge in [0.1, 0.15) is 37.0 Å². The Morgan fingerprint density at radius 1 is 1.10 bits per heavy atom. The molecule has 1 fully saturated rings. The second-order valence-electron chi connectivity index (χ2n) is 10.4. The molecule has 1 aliphatic heterocycles. The number of hydrogen-bond donors (Lipinski definition) is 2. The lowest BCUT2D eigenvalue weighted by Crippen LogP contribution is -2.58. The molecule has 3 heterocycles. The molecule has 1 saturated heterocycles. The lowest BCUT2D eigenvalue weighted by Gasteiger charge is -2.37. The number of hydroxylamine groups is 3. The summed E-state index contributed by atoms with van der Waals surface area (Å²) in [4.78, 5) is 23.4. The zero-order valence-electron chi connectivity index (χ0n) is 23.2. The quantitative estimate of drug-likeness (QED) is 0.202. The molecule has 2 aromatic carbocycles. The van der Waals surface area contributed by atoms with Crippen molar-refractivity contribution in [3.05, 3.63) is 71.8 Å². The molecule has 0 atom stereocenters. The number of rotatable bonds is 9. The number of aryl methyl sites for hydroxylation is 1. The number of nitrogens with one attached hydrogen (secondary N) is 1. The van der Waals surface area contributed by atoms with Gasteiger partial charge in [0.25, 0.3) is 0 Å². The minimum Gasteiger partial charge on any atom is -0.457 e. The highest BCUT2D eigenvalue weighted by Gasteiger charge is 2.32. The molecule has 2 N–H and O–H groups in total. The van der Waals surface area contributed by atoms with E-state index in [-0.39, 0.29) is 35.0 Å². The Hall–Kier alpha value is -4.07. The largest absolute Gasteiger partial charge is 0.457 e. The zero-order chi connectivity index (χ0) is 30.1. The first-order valence-corrected chi connectivity index (χ1v) is 13.5. The average Bonchev–Trinajstić information content (AvgIpc) is 3.25. The van der Waals surface area contributed by atoms with Crippen LogP contribution >= 0.6 is 0 Å². The van der Waals surface area contributed by atoms with Crippen molar-refractivity contribution >= 4 is 28.5 Å². The first-order chi connectivity index (χ1) is 19.9. The van der Waals surface area contributed by atoms with Crippen molar-refractivity contribution < 1.29 is 36.9 Å². The van der Waals surface area contributed by atoms with Crippen molar-refractivity contribution in [2.75, 3.05) is 44.6 Å². The molecule has 0 aliphatic carbocycles. The van der Waals surface area contributed by atoms with Crippen molar-refractivity contribution in [2.45, 2.75) is 19.5 Å². The molecule has 2 aromatic heterocycles. The van der Waals surface area contributed by atoms with E-state index in [1.165, 1.54) is 0 Å². The van der Waals surface area contributed by atoms with Gasteiger partial charge in [-0.25, -0.2) is 14.6 Å². The molecule has 42 heavy (non-hydrogen) atoms. The monoisotopic (exact) mass is 587 g/mol. The molecule has 0 saturated carbocycles. The maximum Gasteiger partial charge on any atom is 0.416 e. The number of imidazole rings is 1. The van der Waals surface area contributed by atoms with E-state index >= 15 is 0 Å². The minimum atomic E-state index is -4.61.